The van der Waals surface area contributed by atoms with E-state index in [1.165, 1.54) is 0 Å². The average Bonchev–Trinajstić information content (AvgIpc) is 3.01. The molecule has 2 aliphatic heterocycles. The molecule has 0 aliphatic carbocycles. The lowest BCUT2D eigenvalue weighted by molar-refractivity contribution is -0.147. The number of carbonyl (C=O) groups is 3. The third-order valence-electron chi connectivity index (χ3n) is 4.61. The number of piperazine rings is 1. The number of nitrogens with one attached hydrogen (secondary N) is 3. The molecule has 140 valence electrons. The maximum atomic E-state index is 12.5. The minimum atomic E-state index is -0.532. The lowest BCUT2D eigenvalue weighted by atomic mass is 10.0. The number of halogens is 2. The van der Waals surface area contributed by atoms with Crippen LogP contribution in [0.5, 0.6) is 0 Å². The standard InChI is InChI=1S/C17H20Cl2N4O3/c1-2-4-12-16(25)23-8-9(7-13(23)15(24)21-12)20-17(26)22-11-6-3-5-10(18)14(11)19/h3,5-6,9,12-13H,2,4,7-8H2,1H3,(H,21,24)(H2,20,22,26)/t9-,12-,13-/m0/s1. The summed E-state index contributed by atoms with van der Waals surface area (Å²) in [7, 11) is 0. The van der Waals surface area contributed by atoms with Gasteiger partial charge in [0, 0.05) is 6.54 Å². The van der Waals surface area contributed by atoms with Crippen molar-refractivity contribution >= 4 is 46.7 Å². The van der Waals surface area contributed by atoms with Gasteiger partial charge in [-0.15, -0.1) is 0 Å². The number of urea groups is 1. The molecule has 1 aromatic carbocycles. The molecule has 3 atom stereocenters. The number of carbonyl (C=O) groups excluding carboxylic acids is 3. The zero-order valence-corrected chi connectivity index (χ0v) is 15.7. The Morgan fingerprint density at radius 2 is 2.12 bits per heavy atom. The molecule has 2 aliphatic rings. The third-order valence-corrected chi connectivity index (χ3v) is 5.43. The van der Waals surface area contributed by atoms with Crippen molar-refractivity contribution in [3.63, 3.8) is 0 Å². The van der Waals surface area contributed by atoms with Crippen LogP contribution in [0.2, 0.25) is 10.0 Å². The first-order valence-corrected chi connectivity index (χ1v) is 9.28. The molecule has 2 saturated heterocycles. The number of benzene rings is 1. The van der Waals surface area contributed by atoms with Crippen molar-refractivity contribution in [3.05, 3.63) is 28.2 Å². The molecule has 7 nitrogen and oxygen atoms in total. The number of nitrogens with zero attached hydrogens (tertiary/aromatic N) is 1. The number of fused-ring (bicyclic) bond motifs is 1. The Morgan fingerprint density at radius 3 is 2.85 bits per heavy atom. The molecular formula is C17H20Cl2N4O3. The van der Waals surface area contributed by atoms with Gasteiger partial charge in [0.1, 0.15) is 12.1 Å². The van der Waals surface area contributed by atoms with Crippen molar-refractivity contribution in [1.82, 2.24) is 15.5 Å². The number of hydrogen-bond donors (Lipinski definition) is 3. The molecule has 0 aromatic heterocycles. The van der Waals surface area contributed by atoms with E-state index in [1.54, 1.807) is 23.1 Å². The molecular weight excluding hydrogens is 379 g/mol. The third kappa shape index (κ3) is 3.73. The van der Waals surface area contributed by atoms with Crippen LogP contribution in [-0.4, -0.2) is 47.4 Å². The van der Waals surface area contributed by atoms with Gasteiger partial charge in [-0.3, -0.25) is 9.59 Å². The van der Waals surface area contributed by atoms with Crippen molar-refractivity contribution in [2.45, 2.75) is 44.3 Å². The molecule has 2 fully saturated rings. The molecule has 0 spiro atoms. The molecule has 3 N–H and O–H groups in total. The van der Waals surface area contributed by atoms with E-state index in [-0.39, 0.29) is 22.9 Å². The van der Waals surface area contributed by atoms with Gasteiger partial charge in [0.05, 0.1) is 21.8 Å². The van der Waals surface area contributed by atoms with Crippen molar-refractivity contribution in [2.75, 3.05) is 11.9 Å². The van der Waals surface area contributed by atoms with E-state index in [4.69, 9.17) is 23.2 Å². The highest BCUT2D eigenvalue weighted by Crippen LogP contribution is 2.29. The second kappa shape index (κ2) is 7.72. The highest BCUT2D eigenvalue weighted by atomic mass is 35.5. The molecule has 4 amide bonds. The Bertz CT molecular complexity index is 743. The van der Waals surface area contributed by atoms with Gasteiger partial charge in [-0.05, 0) is 25.0 Å². The molecule has 1 aromatic rings. The van der Waals surface area contributed by atoms with E-state index in [0.29, 0.717) is 30.1 Å². The van der Waals surface area contributed by atoms with E-state index < -0.39 is 18.1 Å². The van der Waals surface area contributed by atoms with Crippen molar-refractivity contribution in [2.24, 2.45) is 0 Å². The number of hydrogen-bond acceptors (Lipinski definition) is 3. The zero-order chi connectivity index (χ0) is 18.8. The van der Waals surface area contributed by atoms with Gasteiger partial charge in [-0.1, -0.05) is 42.6 Å². The Hall–Kier alpha value is -1.99. The summed E-state index contributed by atoms with van der Waals surface area (Å²) in [6.45, 7) is 2.28. The highest BCUT2D eigenvalue weighted by Gasteiger charge is 2.46. The van der Waals surface area contributed by atoms with Crippen LogP contribution in [0.15, 0.2) is 18.2 Å². The quantitative estimate of drug-likeness (QED) is 0.726. The van der Waals surface area contributed by atoms with Crippen LogP contribution in [0.1, 0.15) is 26.2 Å². The van der Waals surface area contributed by atoms with Gasteiger partial charge in [-0.25, -0.2) is 4.79 Å². The fraction of sp³-hybridized carbons (Fsp3) is 0.471. The topological polar surface area (TPSA) is 90.5 Å². The molecule has 0 bridgehead atoms. The van der Waals surface area contributed by atoms with Crippen LogP contribution >= 0.6 is 23.2 Å². The summed E-state index contributed by atoms with van der Waals surface area (Å²) >= 11 is 12.0. The van der Waals surface area contributed by atoms with Gasteiger partial charge < -0.3 is 20.9 Å². The summed E-state index contributed by atoms with van der Waals surface area (Å²) in [5.74, 6) is -0.246. The van der Waals surface area contributed by atoms with Crippen molar-refractivity contribution < 1.29 is 14.4 Å². The molecule has 2 heterocycles. The number of anilines is 1. The first-order valence-electron chi connectivity index (χ1n) is 8.53. The van der Waals surface area contributed by atoms with E-state index in [1.807, 2.05) is 6.92 Å². The molecule has 0 unspecified atom stereocenters. The van der Waals surface area contributed by atoms with Crippen LogP contribution in [0.4, 0.5) is 10.5 Å². The minimum absolute atomic E-state index is 0.0842. The Balaban J connectivity index is 1.62. The van der Waals surface area contributed by atoms with E-state index in [2.05, 4.69) is 16.0 Å². The monoisotopic (exact) mass is 398 g/mol. The van der Waals surface area contributed by atoms with E-state index in [0.717, 1.165) is 6.42 Å². The SMILES string of the molecule is CCC[C@@H]1NC(=O)[C@@H]2C[C@H](NC(=O)Nc3cccc(Cl)c3Cl)CN2C1=O. The van der Waals surface area contributed by atoms with Gasteiger partial charge in [-0.2, -0.15) is 0 Å². The fourth-order valence-electron chi connectivity index (χ4n) is 3.39. The minimum Gasteiger partial charge on any atom is -0.343 e. The van der Waals surface area contributed by atoms with Crippen LogP contribution in [-0.2, 0) is 9.59 Å². The van der Waals surface area contributed by atoms with E-state index in [9.17, 15) is 14.4 Å². The Kier molecular flexibility index (Phi) is 5.58. The Labute approximate surface area is 161 Å². The zero-order valence-electron chi connectivity index (χ0n) is 14.2. The summed E-state index contributed by atoms with van der Waals surface area (Å²) in [5, 5.41) is 8.80. The first-order chi connectivity index (χ1) is 12.4. The van der Waals surface area contributed by atoms with E-state index >= 15 is 0 Å². The summed E-state index contributed by atoms with van der Waals surface area (Å²) in [6.07, 6.45) is 1.80. The average molecular weight is 399 g/mol. The normalized spacial score (nSPS) is 24.9. The second-order valence-electron chi connectivity index (χ2n) is 6.49. The highest BCUT2D eigenvalue weighted by molar-refractivity contribution is 6.43. The maximum absolute atomic E-state index is 12.5. The molecule has 0 saturated carbocycles. The summed E-state index contributed by atoms with van der Waals surface area (Å²) in [4.78, 5) is 38.5. The van der Waals surface area contributed by atoms with Crippen LogP contribution < -0.4 is 16.0 Å². The van der Waals surface area contributed by atoms with Gasteiger partial charge in [0.2, 0.25) is 11.8 Å². The molecule has 26 heavy (non-hydrogen) atoms. The lowest BCUT2D eigenvalue weighted by Gasteiger charge is -2.34. The summed E-state index contributed by atoms with van der Waals surface area (Å²) in [6, 6.07) is 3.16. The smallest absolute Gasteiger partial charge is 0.319 e. The number of amides is 4. The predicted octanol–water partition coefficient (Wildman–Crippen LogP) is 2.38. The number of rotatable bonds is 4. The molecule has 9 heteroatoms. The van der Waals surface area contributed by atoms with Gasteiger partial charge in [0.25, 0.3) is 0 Å². The fourth-order valence-corrected chi connectivity index (χ4v) is 3.74. The van der Waals surface area contributed by atoms with Crippen LogP contribution in [0.25, 0.3) is 0 Å². The predicted molar refractivity (Wildman–Crippen MR) is 99.4 cm³/mol. The summed E-state index contributed by atoms with van der Waals surface area (Å²) < 4.78 is 0. The van der Waals surface area contributed by atoms with Gasteiger partial charge >= 0.3 is 6.03 Å². The van der Waals surface area contributed by atoms with Crippen LogP contribution in [0.3, 0.4) is 0 Å². The first kappa shape index (κ1) is 18.8. The molecule has 3 rings (SSSR count). The largest absolute Gasteiger partial charge is 0.343 e. The van der Waals surface area contributed by atoms with Crippen molar-refractivity contribution in [1.29, 1.82) is 0 Å². The maximum Gasteiger partial charge on any atom is 0.319 e. The Morgan fingerprint density at radius 1 is 1.35 bits per heavy atom. The molecule has 0 radical (unpaired) electrons. The summed E-state index contributed by atoms with van der Waals surface area (Å²) in [5.41, 5.74) is 0.393. The van der Waals surface area contributed by atoms with Crippen LogP contribution in [0, 0.1) is 0 Å². The lowest BCUT2D eigenvalue weighted by Crippen LogP contribution is -2.61. The van der Waals surface area contributed by atoms with Gasteiger partial charge in [0.15, 0.2) is 0 Å². The van der Waals surface area contributed by atoms with Crippen molar-refractivity contribution in [3.8, 4) is 0 Å². The second-order valence-corrected chi connectivity index (χ2v) is 7.27.